The molecule has 2 fully saturated rings. The smallest absolute Gasteiger partial charge is 0.414 e. The van der Waals surface area contributed by atoms with Crippen molar-refractivity contribution < 1.29 is 28.6 Å². The Hall–Kier alpha value is -3.95. The number of ether oxygens (including phenoxy) is 3. The van der Waals surface area contributed by atoms with Crippen LogP contribution in [-0.4, -0.2) is 74.5 Å². The van der Waals surface area contributed by atoms with Crippen molar-refractivity contribution in [1.82, 2.24) is 10.2 Å². The number of carbonyl (C=O) groups excluding carboxylic acids is 3. The van der Waals surface area contributed by atoms with Crippen LogP contribution in [0.4, 0.5) is 21.0 Å². The Morgan fingerprint density at radius 3 is 2.74 bits per heavy atom. The molecule has 10 nitrogen and oxygen atoms in total. The molecular weight excluding hydrogens is 452 g/mol. The minimum Gasteiger partial charge on any atom is -0.489 e. The number of hydrogen-bond donors (Lipinski definition) is 1. The zero-order chi connectivity index (χ0) is 24.4. The number of hydrogen-bond acceptors (Lipinski definition) is 7. The van der Waals surface area contributed by atoms with Crippen LogP contribution < -0.4 is 19.9 Å². The van der Waals surface area contributed by atoms with Gasteiger partial charge < -0.3 is 29.3 Å². The molecule has 2 aromatic rings. The fraction of sp³-hybridized carbons (Fsp3) is 0.400. The molecule has 10 heteroatoms. The van der Waals surface area contributed by atoms with Crippen LogP contribution in [0.5, 0.6) is 5.75 Å². The van der Waals surface area contributed by atoms with Gasteiger partial charge in [0.2, 0.25) is 5.91 Å². The number of nitrogens with zero attached hydrogens (tertiary/aromatic N) is 3. The van der Waals surface area contributed by atoms with Gasteiger partial charge in [0.1, 0.15) is 25.1 Å². The number of rotatable bonds is 5. The van der Waals surface area contributed by atoms with Crippen molar-refractivity contribution >= 4 is 29.5 Å². The van der Waals surface area contributed by atoms with Crippen LogP contribution in [0, 0.1) is 0 Å². The lowest BCUT2D eigenvalue weighted by Gasteiger charge is -2.45. The van der Waals surface area contributed by atoms with Gasteiger partial charge in [-0.1, -0.05) is 30.3 Å². The van der Waals surface area contributed by atoms with E-state index >= 15 is 0 Å². The largest absolute Gasteiger partial charge is 0.489 e. The van der Waals surface area contributed by atoms with Gasteiger partial charge in [-0.3, -0.25) is 9.69 Å². The van der Waals surface area contributed by atoms with Crippen molar-refractivity contribution in [2.24, 2.45) is 0 Å². The summed E-state index contributed by atoms with van der Waals surface area (Å²) in [6.07, 6.45) is -1.17. The molecule has 3 aliphatic heterocycles. The first-order valence-electron chi connectivity index (χ1n) is 11.7. The van der Waals surface area contributed by atoms with Crippen LogP contribution in [-0.2, 0) is 20.9 Å². The van der Waals surface area contributed by atoms with Crippen LogP contribution in [0.2, 0.25) is 0 Å². The highest BCUT2D eigenvalue weighted by atomic mass is 16.6. The molecule has 2 atom stereocenters. The van der Waals surface area contributed by atoms with Gasteiger partial charge in [0.05, 0.1) is 30.5 Å². The van der Waals surface area contributed by atoms with E-state index in [9.17, 15) is 14.4 Å². The third-order valence-corrected chi connectivity index (χ3v) is 6.39. The first-order chi connectivity index (χ1) is 17.0. The Labute approximate surface area is 203 Å². The van der Waals surface area contributed by atoms with E-state index in [-0.39, 0.29) is 31.2 Å². The molecule has 3 aliphatic rings. The van der Waals surface area contributed by atoms with Crippen molar-refractivity contribution in [1.29, 1.82) is 0 Å². The summed E-state index contributed by atoms with van der Waals surface area (Å²) in [6.45, 7) is 4.45. The highest BCUT2D eigenvalue weighted by molar-refractivity contribution is 5.91. The van der Waals surface area contributed by atoms with E-state index in [0.717, 1.165) is 11.3 Å². The quantitative estimate of drug-likeness (QED) is 0.701. The summed E-state index contributed by atoms with van der Waals surface area (Å²) in [6, 6.07) is 15.3. The molecule has 0 radical (unpaired) electrons. The van der Waals surface area contributed by atoms with Gasteiger partial charge in [-0.25, -0.2) is 9.59 Å². The summed E-state index contributed by atoms with van der Waals surface area (Å²) in [4.78, 5) is 41.6. The molecule has 0 bridgehead atoms. The molecule has 1 N–H and O–H groups in total. The molecule has 184 valence electrons. The first-order valence-corrected chi connectivity index (χ1v) is 11.7. The lowest BCUT2D eigenvalue weighted by Crippen LogP contribution is -2.58. The van der Waals surface area contributed by atoms with Crippen molar-refractivity contribution in [3.05, 3.63) is 54.1 Å². The fourth-order valence-corrected chi connectivity index (χ4v) is 4.60. The molecule has 2 saturated heterocycles. The van der Waals surface area contributed by atoms with Crippen molar-refractivity contribution in [2.45, 2.75) is 25.7 Å². The summed E-state index contributed by atoms with van der Waals surface area (Å²) in [7, 11) is 0. The summed E-state index contributed by atoms with van der Waals surface area (Å²) in [5.41, 5.74) is 2.57. The van der Waals surface area contributed by atoms with Gasteiger partial charge in [0.25, 0.3) is 0 Å². The molecule has 3 heterocycles. The SMILES string of the molecule is CC(=O)NC[C@H]1CN(c2ccc3c(c2)OC[C@@H]2CN(C(=O)OCc4ccccc4)CCN32)C(=O)O1. The van der Waals surface area contributed by atoms with Crippen molar-refractivity contribution in [2.75, 3.05) is 49.1 Å². The Bertz CT molecular complexity index is 1110. The average Bonchev–Trinajstić information content (AvgIpc) is 3.26. The number of nitrogens with one attached hydrogen (secondary N) is 1. The van der Waals surface area contributed by atoms with Crippen LogP contribution >= 0.6 is 0 Å². The lowest BCUT2D eigenvalue weighted by molar-refractivity contribution is -0.119. The highest BCUT2D eigenvalue weighted by Crippen LogP contribution is 2.39. The van der Waals surface area contributed by atoms with Gasteiger partial charge >= 0.3 is 12.2 Å². The predicted molar refractivity (Wildman–Crippen MR) is 128 cm³/mol. The van der Waals surface area contributed by atoms with Gasteiger partial charge in [-0.15, -0.1) is 0 Å². The van der Waals surface area contributed by atoms with Gasteiger partial charge in [0, 0.05) is 32.6 Å². The monoisotopic (exact) mass is 480 g/mol. The lowest BCUT2D eigenvalue weighted by atomic mass is 10.1. The van der Waals surface area contributed by atoms with Crippen LogP contribution in [0.25, 0.3) is 0 Å². The number of amides is 3. The maximum atomic E-state index is 12.6. The number of benzene rings is 2. The predicted octanol–water partition coefficient (Wildman–Crippen LogP) is 2.37. The van der Waals surface area contributed by atoms with E-state index in [4.69, 9.17) is 14.2 Å². The van der Waals surface area contributed by atoms with E-state index < -0.39 is 12.2 Å². The summed E-state index contributed by atoms with van der Waals surface area (Å²) < 4.78 is 16.9. The maximum absolute atomic E-state index is 12.6. The number of fused-ring (bicyclic) bond motifs is 3. The summed E-state index contributed by atoms with van der Waals surface area (Å²) in [5, 5.41) is 2.68. The molecule has 0 aliphatic carbocycles. The zero-order valence-corrected chi connectivity index (χ0v) is 19.5. The van der Waals surface area contributed by atoms with Crippen molar-refractivity contribution in [3.8, 4) is 5.75 Å². The fourth-order valence-electron chi connectivity index (χ4n) is 4.60. The molecule has 5 rings (SSSR count). The summed E-state index contributed by atoms with van der Waals surface area (Å²) in [5.74, 6) is 0.526. The van der Waals surface area contributed by atoms with E-state index in [1.807, 2.05) is 48.5 Å². The van der Waals surface area contributed by atoms with Gasteiger partial charge in [0.15, 0.2) is 0 Å². The Kier molecular flexibility index (Phi) is 6.35. The second kappa shape index (κ2) is 9.73. The summed E-state index contributed by atoms with van der Waals surface area (Å²) >= 11 is 0. The topological polar surface area (TPSA) is 101 Å². The molecule has 0 spiro atoms. The minimum atomic E-state index is -0.448. The number of anilines is 2. The molecule has 2 aromatic carbocycles. The molecular formula is C25H28N4O6. The molecule has 3 amide bonds. The van der Waals surface area contributed by atoms with Crippen molar-refractivity contribution in [3.63, 3.8) is 0 Å². The standard InChI is InChI=1S/C25H28N4O6/c1-17(30)26-12-21-14-29(25(32)35-21)19-7-8-22-23(11-19)33-16-20-13-27(9-10-28(20)22)24(31)34-15-18-5-3-2-4-6-18/h2-8,11,20-21H,9-10,12-16H2,1H3,(H,26,30)/t20-,21-/m0/s1. The van der Waals surface area contributed by atoms with Gasteiger partial charge in [-0.05, 0) is 17.7 Å². The number of piperazine rings is 1. The molecule has 0 saturated carbocycles. The number of carbonyl (C=O) groups is 3. The van der Waals surface area contributed by atoms with E-state index in [1.54, 1.807) is 9.80 Å². The van der Waals surface area contributed by atoms with E-state index in [2.05, 4.69) is 10.2 Å². The third kappa shape index (κ3) is 4.96. The van der Waals surface area contributed by atoms with Gasteiger partial charge in [-0.2, -0.15) is 0 Å². The number of cyclic esters (lactones) is 1. The molecule has 0 unspecified atom stereocenters. The highest BCUT2D eigenvalue weighted by Gasteiger charge is 2.37. The van der Waals surface area contributed by atoms with Crippen LogP contribution in [0.1, 0.15) is 12.5 Å². The zero-order valence-electron chi connectivity index (χ0n) is 19.5. The van der Waals surface area contributed by atoms with E-state index in [0.29, 0.717) is 44.2 Å². The first kappa shape index (κ1) is 22.8. The molecule has 35 heavy (non-hydrogen) atoms. The van der Waals surface area contributed by atoms with Crippen LogP contribution in [0.15, 0.2) is 48.5 Å². The Morgan fingerprint density at radius 1 is 1.11 bits per heavy atom. The Balaban J connectivity index is 1.20. The van der Waals surface area contributed by atoms with Crippen LogP contribution in [0.3, 0.4) is 0 Å². The normalized spacial score (nSPS) is 20.9. The minimum absolute atomic E-state index is 0.0187. The Morgan fingerprint density at radius 2 is 1.94 bits per heavy atom. The maximum Gasteiger partial charge on any atom is 0.414 e. The average molecular weight is 481 g/mol. The van der Waals surface area contributed by atoms with E-state index in [1.165, 1.54) is 6.92 Å². The molecule has 0 aromatic heterocycles. The second-order valence-corrected chi connectivity index (χ2v) is 8.85. The second-order valence-electron chi connectivity index (χ2n) is 8.85. The third-order valence-electron chi connectivity index (χ3n) is 6.39.